The van der Waals surface area contributed by atoms with Gasteiger partial charge in [0.15, 0.2) is 0 Å². The van der Waals surface area contributed by atoms with Gasteiger partial charge in [-0.15, -0.1) is 11.8 Å². The summed E-state index contributed by atoms with van der Waals surface area (Å²) in [5.41, 5.74) is 1.11. The smallest absolute Gasteiger partial charge is 0.239 e. The lowest BCUT2D eigenvalue weighted by Crippen LogP contribution is -2.41. The minimum atomic E-state index is -0.509. The lowest BCUT2D eigenvalue weighted by atomic mass is 9.80. The average molecular weight is 356 g/mol. The number of thioether (sulfide) groups is 1. The molecule has 0 spiro atoms. The summed E-state index contributed by atoms with van der Waals surface area (Å²) in [4.78, 5) is 12.6. The largest absolute Gasteiger partial charge is 0.393 e. The van der Waals surface area contributed by atoms with Gasteiger partial charge in [-0.05, 0) is 52.2 Å². The number of hydrogen-bond donors (Lipinski definition) is 2. The summed E-state index contributed by atoms with van der Waals surface area (Å²) < 4.78 is 4.88. The van der Waals surface area contributed by atoms with Crippen molar-refractivity contribution in [3.63, 3.8) is 0 Å². The molecule has 0 aliphatic carbocycles. The second kappa shape index (κ2) is 8.54. The summed E-state index contributed by atoms with van der Waals surface area (Å²) in [5, 5.41) is 13.3. The van der Waals surface area contributed by atoms with E-state index >= 15 is 0 Å². The standard InChI is InChI=1S/C19H33NO3S/c1-13(18(4,5)15(3)21)12-14(2)20-17(22)19(6,7)24-16-8-10-23-11-9-16/h12,15-16,21H,1,8-11H2,2-7H3,(H,20,22)/b14-12+. The quantitative estimate of drug-likeness (QED) is 0.684. The molecule has 138 valence electrons. The van der Waals surface area contributed by atoms with Gasteiger partial charge in [0.2, 0.25) is 5.91 Å². The van der Waals surface area contributed by atoms with Gasteiger partial charge in [0, 0.05) is 29.6 Å². The lowest BCUT2D eigenvalue weighted by Gasteiger charge is -2.31. The molecular weight excluding hydrogens is 322 g/mol. The minimum absolute atomic E-state index is 0.00426. The van der Waals surface area contributed by atoms with Gasteiger partial charge >= 0.3 is 0 Å². The molecule has 24 heavy (non-hydrogen) atoms. The number of carbonyl (C=O) groups excluding carboxylic acids is 1. The van der Waals surface area contributed by atoms with Crippen LogP contribution in [0.4, 0.5) is 0 Å². The molecule has 1 heterocycles. The molecule has 0 aromatic carbocycles. The van der Waals surface area contributed by atoms with Gasteiger partial charge in [-0.3, -0.25) is 4.79 Å². The Morgan fingerprint density at radius 2 is 1.88 bits per heavy atom. The van der Waals surface area contributed by atoms with Crippen LogP contribution in [0.2, 0.25) is 0 Å². The Kier molecular flexibility index (Phi) is 7.57. The molecule has 0 aromatic heterocycles. The van der Waals surface area contributed by atoms with Crippen LogP contribution in [0.25, 0.3) is 0 Å². The van der Waals surface area contributed by atoms with Gasteiger partial charge in [0.1, 0.15) is 0 Å². The number of rotatable bonds is 7. The van der Waals surface area contributed by atoms with Crippen LogP contribution in [0.15, 0.2) is 23.9 Å². The molecular formula is C19H33NO3S. The highest BCUT2D eigenvalue weighted by atomic mass is 32.2. The second-order valence-electron chi connectivity index (χ2n) is 7.64. The summed E-state index contributed by atoms with van der Waals surface area (Å²) >= 11 is 1.72. The van der Waals surface area contributed by atoms with Crippen LogP contribution in [0, 0.1) is 5.41 Å². The third-order valence-electron chi connectivity index (χ3n) is 4.75. The molecule has 1 atom stereocenters. The third kappa shape index (κ3) is 5.94. The number of amides is 1. The van der Waals surface area contributed by atoms with E-state index in [1.165, 1.54) is 0 Å². The summed E-state index contributed by atoms with van der Waals surface area (Å²) in [7, 11) is 0. The molecule has 0 saturated carbocycles. The molecule has 5 heteroatoms. The van der Waals surface area contributed by atoms with Crippen molar-refractivity contribution in [2.75, 3.05) is 13.2 Å². The Morgan fingerprint density at radius 3 is 2.38 bits per heavy atom. The normalized spacial score (nSPS) is 19.0. The number of ether oxygens (including phenoxy) is 1. The van der Waals surface area contributed by atoms with E-state index < -0.39 is 16.3 Å². The average Bonchev–Trinajstić information content (AvgIpc) is 2.47. The number of allylic oxidation sites excluding steroid dienone is 2. The number of carbonyl (C=O) groups is 1. The monoisotopic (exact) mass is 355 g/mol. The zero-order valence-corrected chi connectivity index (χ0v) is 16.8. The SMILES string of the molecule is C=C(/C=C(\C)NC(=O)C(C)(C)SC1CCOCC1)C(C)(C)C(C)O. The van der Waals surface area contributed by atoms with Crippen molar-refractivity contribution < 1.29 is 14.6 Å². The molecule has 1 unspecified atom stereocenters. The van der Waals surface area contributed by atoms with E-state index in [1.807, 2.05) is 40.7 Å². The minimum Gasteiger partial charge on any atom is -0.393 e. The molecule has 4 nitrogen and oxygen atoms in total. The molecule has 1 aliphatic heterocycles. The van der Waals surface area contributed by atoms with E-state index in [0.29, 0.717) is 5.25 Å². The van der Waals surface area contributed by atoms with Crippen LogP contribution in [0.1, 0.15) is 54.4 Å². The van der Waals surface area contributed by atoms with Gasteiger partial charge in [-0.25, -0.2) is 0 Å². The molecule has 1 fully saturated rings. The van der Waals surface area contributed by atoms with Crippen molar-refractivity contribution in [1.82, 2.24) is 5.32 Å². The Hall–Kier alpha value is -0.780. The van der Waals surface area contributed by atoms with Gasteiger partial charge in [0.05, 0.1) is 10.9 Å². The van der Waals surface area contributed by atoms with Gasteiger partial charge in [-0.2, -0.15) is 0 Å². The highest BCUT2D eigenvalue weighted by Crippen LogP contribution is 2.34. The molecule has 2 N–H and O–H groups in total. The van der Waals surface area contributed by atoms with Gasteiger partial charge in [-0.1, -0.05) is 20.4 Å². The molecule has 0 bridgehead atoms. The first-order valence-electron chi connectivity index (χ1n) is 8.59. The topological polar surface area (TPSA) is 58.6 Å². The Bertz CT molecular complexity index is 489. The van der Waals surface area contributed by atoms with Crippen molar-refractivity contribution in [1.29, 1.82) is 0 Å². The van der Waals surface area contributed by atoms with E-state index in [-0.39, 0.29) is 5.91 Å². The van der Waals surface area contributed by atoms with Crippen molar-refractivity contribution in [3.8, 4) is 0 Å². The fourth-order valence-electron chi connectivity index (χ4n) is 2.35. The second-order valence-corrected chi connectivity index (χ2v) is 9.57. The maximum atomic E-state index is 12.6. The number of hydrogen-bond acceptors (Lipinski definition) is 4. The molecule has 0 radical (unpaired) electrons. The zero-order chi connectivity index (χ0) is 18.5. The fraction of sp³-hybridized carbons (Fsp3) is 0.737. The summed E-state index contributed by atoms with van der Waals surface area (Å²) in [6, 6.07) is 0. The van der Waals surface area contributed by atoms with E-state index in [4.69, 9.17) is 4.74 Å². The van der Waals surface area contributed by atoms with Crippen LogP contribution in [0.3, 0.4) is 0 Å². The van der Waals surface area contributed by atoms with Gasteiger partial charge in [0.25, 0.3) is 0 Å². The summed E-state index contributed by atoms with van der Waals surface area (Å²) in [5.74, 6) is -0.00426. The molecule has 1 saturated heterocycles. The molecule has 0 aromatic rings. The summed E-state index contributed by atoms with van der Waals surface area (Å²) in [6.07, 6.45) is 3.33. The van der Waals surface area contributed by atoms with Crippen molar-refractivity contribution in [3.05, 3.63) is 23.9 Å². The third-order valence-corrected chi connectivity index (χ3v) is 6.33. The van der Waals surface area contributed by atoms with Crippen molar-refractivity contribution in [2.24, 2.45) is 5.41 Å². The maximum Gasteiger partial charge on any atom is 0.239 e. The van der Waals surface area contributed by atoms with E-state index in [9.17, 15) is 9.90 Å². The first-order chi connectivity index (χ1) is 11.0. The summed E-state index contributed by atoms with van der Waals surface area (Å²) in [6.45, 7) is 17.0. The Morgan fingerprint density at radius 1 is 1.33 bits per heavy atom. The van der Waals surface area contributed by atoms with Crippen molar-refractivity contribution in [2.45, 2.75) is 70.5 Å². The predicted octanol–water partition coefficient (Wildman–Crippen LogP) is 3.66. The molecule has 1 aliphatic rings. The number of aliphatic hydroxyl groups is 1. The first-order valence-corrected chi connectivity index (χ1v) is 9.47. The Balaban J connectivity index is 2.67. The predicted molar refractivity (Wildman–Crippen MR) is 102 cm³/mol. The van der Waals surface area contributed by atoms with E-state index in [1.54, 1.807) is 18.7 Å². The number of nitrogens with one attached hydrogen (secondary N) is 1. The number of aliphatic hydroxyl groups excluding tert-OH is 1. The van der Waals surface area contributed by atoms with Crippen molar-refractivity contribution >= 4 is 17.7 Å². The van der Waals surface area contributed by atoms with Crippen LogP contribution in [0.5, 0.6) is 0 Å². The molecule has 1 amide bonds. The zero-order valence-electron chi connectivity index (χ0n) is 15.9. The maximum absolute atomic E-state index is 12.6. The fourth-order valence-corrected chi connectivity index (χ4v) is 3.76. The van der Waals surface area contributed by atoms with Crippen LogP contribution in [-0.2, 0) is 9.53 Å². The Labute approximate surface area is 151 Å². The van der Waals surface area contributed by atoms with Crippen LogP contribution < -0.4 is 5.32 Å². The first kappa shape index (κ1) is 21.3. The van der Waals surface area contributed by atoms with Gasteiger partial charge < -0.3 is 15.2 Å². The van der Waals surface area contributed by atoms with E-state index in [0.717, 1.165) is 37.3 Å². The van der Waals surface area contributed by atoms with E-state index in [2.05, 4.69) is 11.9 Å². The van der Waals surface area contributed by atoms with Crippen LogP contribution >= 0.6 is 11.8 Å². The van der Waals surface area contributed by atoms with Crippen LogP contribution in [-0.4, -0.2) is 40.3 Å². The lowest BCUT2D eigenvalue weighted by molar-refractivity contribution is -0.121. The molecule has 1 rings (SSSR count). The highest BCUT2D eigenvalue weighted by Gasteiger charge is 2.33. The highest BCUT2D eigenvalue weighted by molar-refractivity contribution is 8.01.